The third kappa shape index (κ3) is 3.90. The zero-order valence-corrected chi connectivity index (χ0v) is 19.5. The normalized spacial score (nSPS) is 18.9. The largest absolute Gasteiger partial charge is 0.318 e. The van der Waals surface area contributed by atoms with Gasteiger partial charge in [-0.05, 0) is 85.0 Å². The first-order valence-electron chi connectivity index (χ1n) is 11.4. The summed E-state index contributed by atoms with van der Waals surface area (Å²) in [6, 6.07) is 16.9. The molecule has 1 saturated heterocycles. The fourth-order valence-corrected chi connectivity index (χ4v) is 5.91. The van der Waals surface area contributed by atoms with E-state index in [0.29, 0.717) is 17.4 Å². The van der Waals surface area contributed by atoms with Gasteiger partial charge in [0.25, 0.3) is 11.1 Å². The topological polar surface area (TPSA) is 42.3 Å². The van der Waals surface area contributed by atoms with Crippen molar-refractivity contribution in [3.8, 4) is 5.69 Å². The molecule has 4 nitrogen and oxygen atoms in total. The van der Waals surface area contributed by atoms with Gasteiger partial charge in [0.05, 0.1) is 4.91 Å². The number of benzene rings is 2. The molecule has 0 spiro atoms. The second-order valence-electron chi connectivity index (χ2n) is 8.99. The summed E-state index contributed by atoms with van der Waals surface area (Å²) < 4.78 is 2.21. The van der Waals surface area contributed by atoms with Crippen LogP contribution in [-0.2, 0) is 4.79 Å². The van der Waals surface area contributed by atoms with Crippen molar-refractivity contribution in [2.75, 3.05) is 6.54 Å². The molecule has 32 heavy (non-hydrogen) atoms. The summed E-state index contributed by atoms with van der Waals surface area (Å²) in [7, 11) is 0. The number of thioether (sulfide) groups is 1. The SMILES string of the molecule is Cc1cc(/C=C2/SC(=O)N(CC3CCCCC3)C2=O)c(C)n1-c1ccc2ccccc2c1. The second-order valence-corrected chi connectivity index (χ2v) is 9.98. The number of carbonyl (C=O) groups excluding carboxylic acids is 2. The smallest absolute Gasteiger partial charge is 0.293 e. The number of rotatable bonds is 4. The van der Waals surface area contributed by atoms with Gasteiger partial charge in [-0.3, -0.25) is 14.5 Å². The van der Waals surface area contributed by atoms with Crippen LogP contribution in [0.2, 0.25) is 0 Å². The van der Waals surface area contributed by atoms with Crippen LogP contribution in [0.25, 0.3) is 22.5 Å². The number of carbonyl (C=O) groups is 2. The van der Waals surface area contributed by atoms with Gasteiger partial charge in [0.15, 0.2) is 0 Å². The van der Waals surface area contributed by atoms with E-state index in [2.05, 4.69) is 60.9 Å². The minimum absolute atomic E-state index is 0.129. The van der Waals surface area contributed by atoms with Crippen molar-refractivity contribution in [2.45, 2.75) is 46.0 Å². The second kappa shape index (κ2) is 8.62. The maximum Gasteiger partial charge on any atom is 0.293 e. The molecule has 1 saturated carbocycles. The Morgan fingerprint density at radius 2 is 1.72 bits per heavy atom. The monoisotopic (exact) mass is 444 g/mol. The third-order valence-electron chi connectivity index (χ3n) is 6.79. The molecule has 164 valence electrons. The fraction of sp³-hybridized carbons (Fsp3) is 0.333. The van der Waals surface area contributed by atoms with Crippen molar-refractivity contribution in [1.82, 2.24) is 9.47 Å². The Morgan fingerprint density at radius 3 is 2.50 bits per heavy atom. The van der Waals surface area contributed by atoms with Crippen LogP contribution in [0, 0.1) is 19.8 Å². The number of imide groups is 1. The van der Waals surface area contributed by atoms with Gasteiger partial charge in [-0.15, -0.1) is 0 Å². The van der Waals surface area contributed by atoms with E-state index in [1.54, 1.807) is 0 Å². The third-order valence-corrected chi connectivity index (χ3v) is 7.69. The lowest BCUT2D eigenvalue weighted by molar-refractivity contribution is -0.123. The zero-order valence-electron chi connectivity index (χ0n) is 18.6. The van der Waals surface area contributed by atoms with E-state index in [1.807, 2.05) is 12.1 Å². The summed E-state index contributed by atoms with van der Waals surface area (Å²) in [6.07, 6.45) is 7.81. The molecule has 2 amide bonds. The molecular formula is C27H28N2O2S. The van der Waals surface area contributed by atoms with Gasteiger partial charge < -0.3 is 4.57 Å². The number of aryl methyl sites for hydroxylation is 1. The van der Waals surface area contributed by atoms with E-state index in [9.17, 15) is 9.59 Å². The molecule has 0 bridgehead atoms. The molecule has 2 fully saturated rings. The number of fused-ring (bicyclic) bond motifs is 1. The van der Waals surface area contributed by atoms with Crippen LogP contribution in [0.3, 0.4) is 0 Å². The molecule has 2 heterocycles. The summed E-state index contributed by atoms with van der Waals surface area (Å²) in [5.74, 6) is 0.315. The van der Waals surface area contributed by atoms with Crippen LogP contribution >= 0.6 is 11.8 Å². The van der Waals surface area contributed by atoms with Crippen molar-refractivity contribution >= 4 is 39.8 Å². The maximum atomic E-state index is 13.0. The maximum absolute atomic E-state index is 13.0. The van der Waals surface area contributed by atoms with Gasteiger partial charge in [0.1, 0.15) is 0 Å². The van der Waals surface area contributed by atoms with Gasteiger partial charge in [-0.1, -0.05) is 49.6 Å². The van der Waals surface area contributed by atoms with Crippen LogP contribution in [-0.4, -0.2) is 27.2 Å². The Kier molecular flexibility index (Phi) is 5.68. The Morgan fingerprint density at radius 1 is 0.969 bits per heavy atom. The molecule has 0 N–H and O–H groups in total. The van der Waals surface area contributed by atoms with Crippen molar-refractivity contribution < 1.29 is 9.59 Å². The van der Waals surface area contributed by atoms with Crippen LogP contribution in [0.1, 0.15) is 49.1 Å². The van der Waals surface area contributed by atoms with Crippen LogP contribution in [0.5, 0.6) is 0 Å². The molecule has 2 aliphatic rings. The Balaban J connectivity index is 1.43. The highest BCUT2D eigenvalue weighted by atomic mass is 32.2. The van der Waals surface area contributed by atoms with Gasteiger partial charge in [-0.2, -0.15) is 0 Å². The molecule has 0 radical (unpaired) electrons. The first kappa shape index (κ1) is 21.1. The van der Waals surface area contributed by atoms with E-state index in [0.717, 1.165) is 47.2 Å². The van der Waals surface area contributed by atoms with E-state index < -0.39 is 0 Å². The molecule has 0 unspecified atom stereocenters. The first-order chi connectivity index (χ1) is 15.5. The summed E-state index contributed by atoms with van der Waals surface area (Å²) in [6.45, 7) is 4.72. The number of amides is 2. The van der Waals surface area contributed by atoms with Gasteiger partial charge in [-0.25, -0.2) is 0 Å². The Bertz CT molecular complexity index is 1230. The standard InChI is InChI=1S/C27H28N2O2S/c1-18-14-23(19(2)29(18)24-13-12-21-10-6-7-11-22(21)15-24)16-25-26(30)28(27(31)32-25)17-20-8-4-3-5-9-20/h6-7,10-16,20H,3-5,8-9,17H2,1-2H3/b25-16+. The Labute approximate surface area is 193 Å². The summed E-state index contributed by atoms with van der Waals surface area (Å²) in [5, 5.41) is 2.28. The molecule has 0 atom stereocenters. The molecule has 1 aromatic heterocycles. The fourth-order valence-electron chi connectivity index (χ4n) is 5.07. The zero-order chi connectivity index (χ0) is 22.2. The molecule has 5 rings (SSSR count). The summed E-state index contributed by atoms with van der Waals surface area (Å²) in [4.78, 5) is 27.6. The highest BCUT2D eigenvalue weighted by Crippen LogP contribution is 2.36. The van der Waals surface area contributed by atoms with Crippen LogP contribution < -0.4 is 0 Å². The van der Waals surface area contributed by atoms with Crippen LogP contribution in [0.4, 0.5) is 4.79 Å². The highest BCUT2D eigenvalue weighted by molar-refractivity contribution is 8.18. The number of hydrogen-bond donors (Lipinski definition) is 0. The van der Waals surface area contributed by atoms with E-state index in [1.165, 1.54) is 34.9 Å². The average molecular weight is 445 g/mol. The number of nitrogens with zero attached hydrogens (tertiary/aromatic N) is 2. The minimum atomic E-state index is -0.138. The van der Waals surface area contributed by atoms with Crippen molar-refractivity contribution in [1.29, 1.82) is 0 Å². The number of aromatic nitrogens is 1. The van der Waals surface area contributed by atoms with E-state index >= 15 is 0 Å². The van der Waals surface area contributed by atoms with Gasteiger partial charge in [0.2, 0.25) is 0 Å². The first-order valence-corrected chi connectivity index (χ1v) is 12.3. The molecule has 1 aliphatic heterocycles. The van der Waals surface area contributed by atoms with Gasteiger partial charge in [0, 0.05) is 23.6 Å². The average Bonchev–Trinajstić information content (AvgIpc) is 3.23. The molecule has 2 aromatic carbocycles. The molecule has 5 heteroatoms. The lowest BCUT2D eigenvalue weighted by Gasteiger charge is -2.25. The quantitative estimate of drug-likeness (QED) is 0.413. The van der Waals surface area contributed by atoms with E-state index in [4.69, 9.17) is 0 Å². The van der Waals surface area contributed by atoms with Gasteiger partial charge >= 0.3 is 0 Å². The van der Waals surface area contributed by atoms with Crippen molar-refractivity contribution in [3.05, 3.63) is 70.4 Å². The highest BCUT2D eigenvalue weighted by Gasteiger charge is 2.36. The lowest BCUT2D eigenvalue weighted by atomic mass is 9.89. The molecule has 1 aliphatic carbocycles. The predicted octanol–water partition coefficient (Wildman–Crippen LogP) is 6.86. The predicted molar refractivity (Wildman–Crippen MR) is 132 cm³/mol. The molecular weight excluding hydrogens is 416 g/mol. The summed E-state index contributed by atoms with van der Waals surface area (Å²) in [5.41, 5.74) is 4.25. The van der Waals surface area contributed by atoms with E-state index in [-0.39, 0.29) is 11.1 Å². The number of hydrogen-bond acceptors (Lipinski definition) is 3. The van der Waals surface area contributed by atoms with Crippen LogP contribution in [0.15, 0.2) is 53.4 Å². The molecule has 3 aromatic rings. The van der Waals surface area contributed by atoms with Crippen molar-refractivity contribution in [2.24, 2.45) is 5.92 Å². The summed E-state index contributed by atoms with van der Waals surface area (Å²) >= 11 is 1.08. The minimum Gasteiger partial charge on any atom is -0.318 e. The Hall–Kier alpha value is -2.79. The lowest BCUT2D eigenvalue weighted by Crippen LogP contribution is -2.34. The van der Waals surface area contributed by atoms with Crippen molar-refractivity contribution in [3.63, 3.8) is 0 Å².